The molecule has 0 fully saturated rings. The molecule has 2 aromatic heterocycles. The van der Waals surface area contributed by atoms with Gasteiger partial charge < -0.3 is 5.11 Å². The lowest BCUT2D eigenvalue weighted by molar-refractivity contribution is 0.0702. The molecule has 19 heavy (non-hydrogen) atoms. The van der Waals surface area contributed by atoms with E-state index < -0.39 is 5.97 Å². The third-order valence-electron chi connectivity index (χ3n) is 2.48. The second-order valence-corrected chi connectivity index (χ2v) is 7.23. The van der Waals surface area contributed by atoms with Crippen LogP contribution in [0.4, 0.5) is 0 Å². The Bertz CT molecular complexity index is 699. The zero-order valence-electron chi connectivity index (χ0n) is 9.70. The number of thiazole rings is 1. The average molecular weight is 307 g/mol. The van der Waals surface area contributed by atoms with E-state index in [1.165, 1.54) is 16.0 Å². The fourth-order valence-corrected chi connectivity index (χ4v) is 4.57. The quantitative estimate of drug-likeness (QED) is 0.728. The number of carboxylic acids is 1. The molecule has 0 radical (unpaired) electrons. The summed E-state index contributed by atoms with van der Waals surface area (Å²) in [6.07, 6.45) is 0. The Hall–Kier alpha value is -1.37. The van der Waals surface area contributed by atoms with Crippen LogP contribution in [-0.2, 0) is 5.75 Å². The van der Waals surface area contributed by atoms with E-state index in [1.54, 1.807) is 29.2 Å². The van der Waals surface area contributed by atoms with Gasteiger partial charge in [-0.25, -0.2) is 9.78 Å². The minimum atomic E-state index is -0.860. The lowest BCUT2D eigenvalue weighted by Gasteiger charge is -1.92. The van der Waals surface area contributed by atoms with Gasteiger partial charge in [-0.1, -0.05) is 23.9 Å². The first-order valence-electron chi connectivity index (χ1n) is 5.53. The minimum Gasteiger partial charge on any atom is -0.477 e. The summed E-state index contributed by atoms with van der Waals surface area (Å²) in [5.74, 6) is -0.0983. The van der Waals surface area contributed by atoms with Gasteiger partial charge in [0, 0.05) is 10.6 Å². The SMILES string of the molecule is O=C(O)c1ccc(CSc2nc3ccccc3s2)s1. The maximum absolute atomic E-state index is 10.8. The largest absolute Gasteiger partial charge is 0.477 e. The molecule has 3 nitrogen and oxygen atoms in total. The van der Waals surface area contributed by atoms with Crippen LogP contribution in [-0.4, -0.2) is 16.1 Å². The standard InChI is InChI=1S/C13H9NO2S3/c15-12(16)11-6-5-8(18-11)7-17-13-14-9-3-1-2-4-10(9)19-13/h1-6H,7H2,(H,15,16). The number of hydrogen-bond donors (Lipinski definition) is 1. The lowest BCUT2D eigenvalue weighted by atomic mass is 10.3. The number of thioether (sulfide) groups is 1. The fraction of sp³-hybridized carbons (Fsp3) is 0.0769. The molecule has 0 atom stereocenters. The zero-order valence-corrected chi connectivity index (χ0v) is 12.1. The predicted octanol–water partition coefficient (Wildman–Crippen LogP) is 4.35. The molecule has 3 aromatic rings. The molecule has 1 aromatic carbocycles. The highest BCUT2D eigenvalue weighted by Crippen LogP contribution is 2.32. The molecule has 0 amide bonds. The Labute approximate surface area is 121 Å². The number of benzene rings is 1. The van der Waals surface area contributed by atoms with Crippen molar-refractivity contribution in [2.75, 3.05) is 0 Å². The van der Waals surface area contributed by atoms with Gasteiger partial charge in [0.25, 0.3) is 0 Å². The monoisotopic (exact) mass is 307 g/mol. The third-order valence-corrected chi connectivity index (χ3v) is 5.97. The van der Waals surface area contributed by atoms with Crippen molar-refractivity contribution in [2.24, 2.45) is 0 Å². The number of carboxylic acid groups (broad SMARTS) is 1. The van der Waals surface area contributed by atoms with E-state index in [4.69, 9.17) is 5.11 Å². The van der Waals surface area contributed by atoms with Gasteiger partial charge in [-0.3, -0.25) is 0 Å². The van der Waals surface area contributed by atoms with Crippen molar-refractivity contribution in [2.45, 2.75) is 10.1 Å². The minimum absolute atomic E-state index is 0.389. The smallest absolute Gasteiger partial charge is 0.345 e. The van der Waals surface area contributed by atoms with Crippen molar-refractivity contribution < 1.29 is 9.90 Å². The van der Waals surface area contributed by atoms with Crippen LogP contribution in [0.1, 0.15) is 14.5 Å². The summed E-state index contributed by atoms with van der Waals surface area (Å²) in [4.78, 5) is 16.8. The van der Waals surface area contributed by atoms with E-state index in [2.05, 4.69) is 11.1 Å². The molecule has 0 aliphatic rings. The molecule has 0 bridgehead atoms. The van der Waals surface area contributed by atoms with Crippen LogP contribution in [0.15, 0.2) is 40.7 Å². The van der Waals surface area contributed by atoms with E-state index >= 15 is 0 Å². The number of carbonyl (C=O) groups is 1. The first-order chi connectivity index (χ1) is 9.22. The molecule has 0 saturated carbocycles. The van der Waals surface area contributed by atoms with Crippen molar-refractivity contribution >= 4 is 50.6 Å². The number of aromatic nitrogens is 1. The normalized spacial score (nSPS) is 10.9. The molecule has 2 heterocycles. The van der Waals surface area contributed by atoms with Crippen LogP contribution < -0.4 is 0 Å². The fourth-order valence-electron chi connectivity index (χ4n) is 1.62. The summed E-state index contributed by atoms with van der Waals surface area (Å²) in [6.45, 7) is 0. The van der Waals surface area contributed by atoms with Crippen LogP contribution in [0.5, 0.6) is 0 Å². The second-order valence-electron chi connectivity index (χ2n) is 3.81. The third kappa shape index (κ3) is 2.80. The molecular weight excluding hydrogens is 298 g/mol. The highest BCUT2D eigenvalue weighted by molar-refractivity contribution is 8.00. The first-order valence-corrected chi connectivity index (χ1v) is 8.14. The average Bonchev–Trinajstić information content (AvgIpc) is 3.02. The van der Waals surface area contributed by atoms with Crippen molar-refractivity contribution in [3.8, 4) is 0 Å². The Balaban J connectivity index is 1.72. The second kappa shape index (κ2) is 5.32. The van der Waals surface area contributed by atoms with Crippen molar-refractivity contribution in [3.63, 3.8) is 0 Å². The molecule has 0 aliphatic carbocycles. The van der Waals surface area contributed by atoms with Gasteiger partial charge in [0.1, 0.15) is 4.88 Å². The lowest BCUT2D eigenvalue weighted by Crippen LogP contribution is -1.89. The molecule has 96 valence electrons. The van der Waals surface area contributed by atoms with Crippen molar-refractivity contribution in [1.82, 2.24) is 4.98 Å². The summed E-state index contributed by atoms with van der Waals surface area (Å²) in [7, 11) is 0. The zero-order chi connectivity index (χ0) is 13.2. The molecule has 1 N–H and O–H groups in total. The number of fused-ring (bicyclic) bond motifs is 1. The molecule has 0 saturated heterocycles. The van der Waals surface area contributed by atoms with Gasteiger partial charge in [-0.15, -0.1) is 22.7 Å². The Kier molecular flexibility index (Phi) is 3.54. The maximum atomic E-state index is 10.8. The van der Waals surface area contributed by atoms with E-state index in [0.717, 1.165) is 20.5 Å². The molecule has 0 aliphatic heterocycles. The van der Waals surface area contributed by atoms with Gasteiger partial charge >= 0.3 is 5.97 Å². The van der Waals surface area contributed by atoms with Crippen LogP contribution in [0.3, 0.4) is 0 Å². The highest BCUT2D eigenvalue weighted by atomic mass is 32.2. The summed E-state index contributed by atoms with van der Waals surface area (Å²) in [5, 5.41) is 8.87. The van der Waals surface area contributed by atoms with E-state index in [9.17, 15) is 4.79 Å². The van der Waals surface area contributed by atoms with Gasteiger partial charge in [0.05, 0.1) is 10.2 Å². The number of rotatable bonds is 4. The van der Waals surface area contributed by atoms with Crippen LogP contribution in [0, 0.1) is 0 Å². The summed E-state index contributed by atoms with van der Waals surface area (Å²) < 4.78 is 2.20. The molecule has 0 spiro atoms. The van der Waals surface area contributed by atoms with Gasteiger partial charge in [-0.05, 0) is 24.3 Å². The topological polar surface area (TPSA) is 50.2 Å². The first kappa shape index (κ1) is 12.7. The molecular formula is C13H9NO2S3. The summed E-state index contributed by atoms with van der Waals surface area (Å²) in [5.41, 5.74) is 1.02. The predicted molar refractivity (Wildman–Crippen MR) is 80.5 cm³/mol. The van der Waals surface area contributed by atoms with Gasteiger partial charge in [0.2, 0.25) is 0 Å². The van der Waals surface area contributed by atoms with Gasteiger partial charge in [0.15, 0.2) is 4.34 Å². The summed E-state index contributed by atoms with van der Waals surface area (Å²) >= 11 is 4.64. The van der Waals surface area contributed by atoms with E-state index in [-0.39, 0.29) is 0 Å². The number of aromatic carboxylic acids is 1. The van der Waals surface area contributed by atoms with Crippen LogP contribution >= 0.6 is 34.4 Å². The van der Waals surface area contributed by atoms with Gasteiger partial charge in [-0.2, -0.15) is 0 Å². The highest BCUT2D eigenvalue weighted by Gasteiger charge is 2.08. The molecule has 6 heteroatoms. The molecule has 0 unspecified atom stereocenters. The van der Waals surface area contributed by atoms with Crippen LogP contribution in [0.2, 0.25) is 0 Å². The molecule has 3 rings (SSSR count). The summed E-state index contributed by atoms with van der Waals surface area (Å²) in [6, 6.07) is 11.6. The number of thiophene rings is 1. The van der Waals surface area contributed by atoms with E-state index in [1.807, 2.05) is 24.3 Å². The number of hydrogen-bond acceptors (Lipinski definition) is 5. The van der Waals surface area contributed by atoms with Crippen molar-refractivity contribution in [1.29, 1.82) is 0 Å². The number of nitrogens with zero attached hydrogens (tertiary/aromatic N) is 1. The Morgan fingerprint density at radius 2 is 2.05 bits per heavy atom. The van der Waals surface area contributed by atoms with E-state index in [0.29, 0.717) is 4.88 Å². The Morgan fingerprint density at radius 3 is 2.79 bits per heavy atom. The van der Waals surface area contributed by atoms with Crippen molar-refractivity contribution in [3.05, 3.63) is 46.2 Å². The Morgan fingerprint density at radius 1 is 1.21 bits per heavy atom. The number of para-hydroxylation sites is 1. The van der Waals surface area contributed by atoms with Crippen LogP contribution in [0.25, 0.3) is 10.2 Å². The maximum Gasteiger partial charge on any atom is 0.345 e.